The Kier molecular flexibility index (Phi) is 2.90. The van der Waals surface area contributed by atoms with Crippen LogP contribution in [0.2, 0.25) is 0 Å². The molecule has 3 aromatic rings. The first-order chi connectivity index (χ1) is 11.7. The van der Waals surface area contributed by atoms with E-state index in [1.54, 1.807) is 15.9 Å². The van der Waals surface area contributed by atoms with Crippen LogP contribution in [0.4, 0.5) is 5.82 Å². The molecule has 0 spiro atoms. The number of piperidine rings is 1. The fourth-order valence-corrected chi connectivity index (χ4v) is 4.35. The van der Waals surface area contributed by atoms with Crippen molar-refractivity contribution in [3.63, 3.8) is 0 Å². The van der Waals surface area contributed by atoms with Gasteiger partial charge in [-0.1, -0.05) is 0 Å². The van der Waals surface area contributed by atoms with E-state index in [9.17, 15) is 4.79 Å². The Morgan fingerprint density at radius 3 is 2.79 bits per heavy atom. The summed E-state index contributed by atoms with van der Waals surface area (Å²) in [5, 5.41) is 16.7. The van der Waals surface area contributed by atoms with Crippen molar-refractivity contribution < 1.29 is 4.79 Å². The largest absolute Gasteiger partial charge is 0.351 e. The quantitative estimate of drug-likeness (QED) is 0.709. The van der Waals surface area contributed by atoms with Gasteiger partial charge in [-0.3, -0.25) is 4.79 Å². The first kappa shape index (κ1) is 13.9. The highest BCUT2D eigenvalue weighted by Gasteiger charge is 2.47. The minimum atomic E-state index is 0.162. The van der Waals surface area contributed by atoms with Crippen LogP contribution in [-0.2, 0) is 0 Å². The van der Waals surface area contributed by atoms with Gasteiger partial charge in [0.1, 0.15) is 5.82 Å². The summed E-state index contributed by atoms with van der Waals surface area (Å²) in [7, 11) is 0. The molecule has 6 rings (SSSR count). The van der Waals surface area contributed by atoms with Crippen molar-refractivity contribution in [2.75, 3.05) is 18.0 Å². The van der Waals surface area contributed by atoms with Crippen LogP contribution in [0.1, 0.15) is 22.6 Å². The molecule has 8 heteroatoms. The number of thiophene rings is 1. The van der Waals surface area contributed by atoms with E-state index in [2.05, 4.69) is 20.2 Å². The molecule has 0 radical (unpaired) electrons. The number of hydrogen-bond donors (Lipinski definition) is 0. The summed E-state index contributed by atoms with van der Waals surface area (Å²) in [6.45, 7) is 3.55. The molecule has 0 aromatic carbocycles. The first-order valence-corrected chi connectivity index (χ1v) is 8.94. The van der Waals surface area contributed by atoms with Crippen molar-refractivity contribution in [1.82, 2.24) is 24.7 Å². The van der Waals surface area contributed by atoms with E-state index in [-0.39, 0.29) is 18.0 Å². The first-order valence-electron chi connectivity index (χ1n) is 7.99. The average molecular weight is 340 g/mol. The summed E-state index contributed by atoms with van der Waals surface area (Å²) in [4.78, 5) is 16.9. The number of aryl methyl sites for hydroxylation is 1. The van der Waals surface area contributed by atoms with Gasteiger partial charge in [0.2, 0.25) is 0 Å². The summed E-state index contributed by atoms with van der Waals surface area (Å²) in [6, 6.07) is 6.38. The lowest BCUT2D eigenvalue weighted by atomic mass is 9.86. The molecule has 0 N–H and O–H groups in total. The highest BCUT2D eigenvalue weighted by atomic mass is 32.1. The standard InChI is InChI=1S/C16H16N6OS/c1-10-17-18-14-2-3-15(19-22(10)14)20-7-12-6-13(8-20)21(12)16(23)11-4-5-24-9-11/h2-5,9,12-13H,6-8H2,1H3. The highest BCUT2D eigenvalue weighted by molar-refractivity contribution is 7.08. The number of amides is 1. The smallest absolute Gasteiger partial charge is 0.255 e. The second-order valence-electron chi connectivity index (χ2n) is 6.38. The minimum absolute atomic E-state index is 0.162. The van der Waals surface area contributed by atoms with Crippen LogP contribution in [-0.4, -0.2) is 55.8 Å². The number of rotatable bonds is 2. The number of piperazine rings is 1. The predicted octanol–water partition coefficient (Wildman–Crippen LogP) is 1.60. The van der Waals surface area contributed by atoms with Gasteiger partial charge in [0.05, 0.1) is 17.6 Å². The Bertz CT molecular complexity index is 908. The second-order valence-corrected chi connectivity index (χ2v) is 7.16. The molecule has 0 aliphatic carbocycles. The van der Waals surface area contributed by atoms with Gasteiger partial charge in [-0.2, -0.15) is 15.9 Å². The highest BCUT2D eigenvalue weighted by Crippen LogP contribution is 2.35. The number of aromatic nitrogens is 4. The maximum Gasteiger partial charge on any atom is 0.255 e. The maximum absolute atomic E-state index is 12.6. The van der Waals surface area contributed by atoms with Gasteiger partial charge >= 0.3 is 0 Å². The van der Waals surface area contributed by atoms with Crippen LogP contribution in [0.25, 0.3) is 5.65 Å². The lowest BCUT2D eigenvalue weighted by molar-refractivity contribution is 0.00578. The molecule has 122 valence electrons. The monoisotopic (exact) mass is 340 g/mol. The Morgan fingerprint density at radius 1 is 1.21 bits per heavy atom. The Balaban J connectivity index is 1.38. The molecule has 7 nitrogen and oxygen atoms in total. The van der Waals surface area contributed by atoms with Crippen LogP contribution >= 0.6 is 11.3 Å². The van der Waals surface area contributed by atoms with E-state index in [0.717, 1.165) is 42.4 Å². The predicted molar refractivity (Wildman–Crippen MR) is 90.4 cm³/mol. The maximum atomic E-state index is 12.6. The Morgan fingerprint density at radius 2 is 2.04 bits per heavy atom. The molecule has 2 atom stereocenters. The molecule has 0 saturated carbocycles. The molecule has 3 fully saturated rings. The molecule has 3 aliphatic rings. The number of carbonyl (C=O) groups is 1. The third-order valence-corrected chi connectivity index (χ3v) is 5.61. The molecule has 2 bridgehead atoms. The van der Waals surface area contributed by atoms with Crippen LogP contribution in [0.3, 0.4) is 0 Å². The van der Waals surface area contributed by atoms with Crippen molar-refractivity contribution in [2.45, 2.75) is 25.4 Å². The van der Waals surface area contributed by atoms with E-state index >= 15 is 0 Å². The Labute approximate surface area is 142 Å². The molecular weight excluding hydrogens is 324 g/mol. The van der Waals surface area contributed by atoms with Crippen molar-refractivity contribution in [1.29, 1.82) is 0 Å². The van der Waals surface area contributed by atoms with Gasteiger partial charge in [-0.25, -0.2) is 0 Å². The third kappa shape index (κ3) is 1.96. The van der Waals surface area contributed by atoms with E-state index in [0.29, 0.717) is 0 Å². The summed E-state index contributed by atoms with van der Waals surface area (Å²) in [5.41, 5.74) is 1.57. The zero-order valence-electron chi connectivity index (χ0n) is 13.2. The van der Waals surface area contributed by atoms with E-state index in [4.69, 9.17) is 0 Å². The fourth-order valence-electron chi connectivity index (χ4n) is 3.72. The van der Waals surface area contributed by atoms with E-state index in [1.807, 2.05) is 40.8 Å². The number of fused-ring (bicyclic) bond motifs is 3. The van der Waals surface area contributed by atoms with E-state index in [1.165, 1.54) is 0 Å². The number of carbonyl (C=O) groups excluding carboxylic acids is 1. The molecular formula is C16H16N6OS. The molecule has 24 heavy (non-hydrogen) atoms. The van der Waals surface area contributed by atoms with Crippen LogP contribution in [0.15, 0.2) is 29.0 Å². The van der Waals surface area contributed by atoms with E-state index < -0.39 is 0 Å². The lowest BCUT2D eigenvalue weighted by Gasteiger charge is -2.56. The zero-order chi connectivity index (χ0) is 16.3. The van der Waals surface area contributed by atoms with Crippen molar-refractivity contribution in [3.05, 3.63) is 40.3 Å². The van der Waals surface area contributed by atoms with Crippen LogP contribution < -0.4 is 4.90 Å². The van der Waals surface area contributed by atoms with Gasteiger partial charge < -0.3 is 9.80 Å². The summed E-state index contributed by atoms with van der Waals surface area (Å²) >= 11 is 1.57. The molecule has 2 unspecified atom stereocenters. The molecule has 3 aromatic heterocycles. The molecule has 3 saturated heterocycles. The van der Waals surface area contributed by atoms with Crippen molar-refractivity contribution in [2.24, 2.45) is 0 Å². The van der Waals surface area contributed by atoms with Gasteiger partial charge in [-0.15, -0.1) is 15.3 Å². The molecule has 3 aliphatic heterocycles. The number of hydrogen-bond acceptors (Lipinski definition) is 6. The van der Waals surface area contributed by atoms with Crippen molar-refractivity contribution in [3.8, 4) is 0 Å². The molecule has 6 heterocycles. The minimum Gasteiger partial charge on any atom is -0.351 e. The van der Waals surface area contributed by atoms with Gasteiger partial charge in [0, 0.05) is 18.5 Å². The zero-order valence-corrected chi connectivity index (χ0v) is 14.0. The SMILES string of the molecule is Cc1nnc2ccc(N3CC4CC(C3)N4C(=O)c3ccsc3)nn12. The van der Waals surface area contributed by atoms with Crippen molar-refractivity contribution >= 4 is 28.7 Å². The second kappa shape index (κ2) is 5.01. The normalized spacial score (nSPS) is 22.7. The lowest BCUT2D eigenvalue weighted by Crippen LogP contribution is -2.70. The third-order valence-electron chi connectivity index (χ3n) is 4.92. The topological polar surface area (TPSA) is 66.6 Å². The Hall–Kier alpha value is -2.48. The number of nitrogens with zero attached hydrogens (tertiary/aromatic N) is 6. The van der Waals surface area contributed by atoms with Gasteiger partial charge in [0.25, 0.3) is 5.91 Å². The summed E-state index contributed by atoms with van der Waals surface area (Å²) in [5.74, 6) is 1.86. The summed E-state index contributed by atoms with van der Waals surface area (Å²) in [6.07, 6.45) is 1.08. The number of anilines is 1. The molecule has 1 amide bonds. The summed E-state index contributed by atoms with van der Waals surface area (Å²) < 4.78 is 1.77. The fraction of sp³-hybridized carbons (Fsp3) is 0.375. The van der Waals surface area contributed by atoms with Gasteiger partial charge in [0.15, 0.2) is 11.5 Å². The van der Waals surface area contributed by atoms with Gasteiger partial charge in [-0.05, 0) is 36.9 Å². The van der Waals surface area contributed by atoms with Crippen LogP contribution in [0.5, 0.6) is 0 Å². The van der Waals surface area contributed by atoms with Crippen LogP contribution in [0, 0.1) is 6.92 Å². The average Bonchev–Trinajstić information content (AvgIpc) is 3.25.